The maximum Gasteiger partial charge on any atom is 0.342 e. The van der Waals surface area contributed by atoms with Gasteiger partial charge in [0, 0.05) is 208 Å². The molecule has 0 bridgehead atoms. The number of anilines is 5. The molecule has 692 valence electrons. The quantitative estimate of drug-likeness (QED) is 0.0158. The number of aliphatic imine (C=N–C) groups is 2. The molecule has 6 aliphatic heterocycles. The molecule has 22 rings (SSSR count). The van der Waals surface area contributed by atoms with Crippen molar-refractivity contribution >= 4 is 142 Å². The van der Waals surface area contributed by atoms with E-state index in [9.17, 15) is 29.7 Å². The number of aromatic carboxylic acids is 1. The molecule has 3 aromatic heterocycles. The van der Waals surface area contributed by atoms with Crippen molar-refractivity contribution in [3.05, 3.63) is 315 Å². The topological polar surface area (TPSA) is 428 Å². The third-order valence-electron chi connectivity index (χ3n) is 24.7. The minimum atomic E-state index is -1.28. The van der Waals surface area contributed by atoms with Crippen LogP contribution in [0.4, 0.5) is 39.8 Å². The summed E-state index contributed by atoms with van der Waals surface area (Å²) in [6, 6.07) is 81.0. The Labute approximate surface area is 799 Å². The van der Waals surface area contributed by atoms with Gasteiger partial charge >= 0.3 is 11.9 Å². The first-order chi connectivity index (χ1) is 65.2. The number of carbonyl (C=O) groups excluding carboxylic acids is 1. The average molecular weight is 1870 g/mol. The molecule has 0 saturated carbocycles. The first-order valence-electron chi connectivity index (χ1n) is 44.0. The molecular weight excluding hydrogens is 1770 g/mol. The maximum atomic E-state index is 12.3. The number of halogens is 2. The largest absolute Gasteiger partial charge is 1.00 e. The Morgan fingerprint density at radius 2 is 1.10 bits per heavy atom. The highest BCUT2D eigenvalue weighted by Gasteiger charge is 2.32. The highest BCUT2D eigenvalue weighted by atomic mass is 35.5. The summed E-state index contributed by atoms with van der Waals surface area (Å²) in [4.78, 5) is 81.4. The lowest BCUT2D eigenvalue weighted by Gasteiger charge is -2.34. The molecule has 0 atom stereocenters. The summed E-state index contributed by atoms with van der Waals surface area (Å²) in [5, 5.41) is 53.6. The van der Waals surface area contributed by atoms with Crippen LogP contribution in [-0.2, 0) is 17.6 Å². The Bertz CT molecular complexity index is 7780. The van der Waals surface area contributed by atoms with Crippen molar-refractivity contribution in [3.8, 4) is 79.4 Å². The summed E-state index contributed by atoms with van der Waals surface area (Å²) in [6.45, 7) is 8.69. The van der Waals surface area contributed by atoms with E-state index in [1.54, 1.807) is 60.7 Å². The van der Waals surface area contributed by atoms with Gasteiger partial charge in [0.1, 0.15) is 46.0 Å². The number of aromatic amines is 4. The number of nitrogens with two attached hydrogens (primary N) is 3. The lowest BCUT2D eigenvalue weighted by atomic mass is 9.91. The van der Waals surface area contributed by atoms with E-state index in [1.165, 1.54) is 46.4 Å². The summed E-state index contributed by atoms with van der Waals surface area (Å²) in [5.74, 6) is 0.0628. The van der Waals surface area contributed by atoms with E-state index < -0.39 is 23.1 Å². The molecule has 16 N–H and O–H groups in total. The fourth-order valence-corrected chi connectivity index (χ4v) is 17.1. The minimum absolute atomic E-state index is 0. The highest BCUT2D eigenvalue weighted by molar-refractivity contribution is 6.11. The van der Waals surface area contributed by atoms with Crippen LogP contribution in [0.1, 0.15) is 54.1 Å². The van der Waals surface area contributed by atoms with E-state index >= 15 is 0 Å². The van der Waals surface area contributed by atoms with Crippen molar-refractivity contribution < 1.29 is 55.9 Å². The molecule has 0 spiro atoms. The maximum absolute atomic E-state index is 12.3. The van der Waals surface area contributed by atoms with Crippen molar-refractivity contribution in [2.24, 2.45) is 21.5 Å². The number of ether oxygens (including phenoxy) is 1. The number of methoxy groups -OCH3 is 1. The van der Waals surface area contributed by atoms with Crippen molar-refractivity contribution in [2.45, 2.75) is 12.8 Å². The molecule has 11 aromatic carbocycles. The molecule has 2 aliphatic carbocycles. The number of nitrogens with zero attached hydrogens (tertiary/aromatic N) is 10. The number of amidine groups is 2. The molecule has 9 heterocycles. The van der Waals surface area contributed by atoms with E-state index in [2.05, 4.69) is 163 Å². The molecule has 137 heavy (non-hydrogen) atoms. The highest BCUT2D eigenvalue weighted by Crippen LogP contribution is 2.43. The third-order valence-corrected chi connectivity index (χ3v) is 24.7. The third kappa shape index (κ3) is 20.1. The first-order valence-corrected chi connectivity index (χ1v) is 44.0. The van der Waals surface area contributed by atoms with Crippen LogP contribution in [0.5, 0.6) is 11.5 Å². The van der Waals surface area contributed by atoms with Crippen molar-refractivity contribution in [1.82, 2.24) is 34.7 Å². The number of phenols is 2. The predicted molar refractivity (Wildman–Crippen MR) is 543 cm³/mol. The number of aromatic hydroxyl groups is 2. The van der Waals surface area contributed by atoms with Gasteiger partial charge in [-0.1, -0.05) is 72.8 Å². The molecule has 0 radical (unpaired) electrons. The number of carboxylic acids is 1. The van der Waals surface area contributed by atoms with Gasteiger partial charge in [-0.3, -0.25) is 25.6 Å². The number of benzene rings is 13. The lowest BCUT2D eigenvalue weighted by molar-refractivity contribution is -0.334. The first kappa shape index (κ1) is 93.8. The smallest absolute Gasteiger partial charge is 0.342 e. The summed E-state index contributed by atoms with van der Waals surface area (Å²) in [5.41, 5.74) is 45.2. The number of piperazine rings is 2. The molecule has 2 saturated heterocycles. The number of fused-ring (bicyclic) bond motifs is 9. The number of aromatic nitrogens is 6. The molecule has 8 aliphatic rings. The molecule has 0 unspecified atom stereocenters. The van der Waals surface area contributed by atoms with Crippen molar-refractivity contribution in [2.75, 3.05) is 127 Å². The van der Waals surface area contributed by atoms with Crippen molar-refractivity contribution in [1.29, 1.82) is 16.2 Å². The van der Waals surface area contributed by atoms with Gasteiger partial charge in [0.05, 0.1) is 62.9 Å². The molecule has 31 heteroatoms. The number of rotatable bonds is 14. The number of carbonyl (C=O) groups is 2. The number of likely N-dealkylation sites (N-methyl/N-ethyl adjacent to an activating group) is 2. The molecule has 2 fully saturated rings. The number of hydrogen-bond donors (Lipinski definition) is 12. The van der Waals surface area contributed by atoms with Crippen LogP contribution in [0.2, 0.25) is 0 Å². The Kier molecular flexibility index (Phi) is 27.2. The van der Waals surface area contributed by atoms with Gasteiger partial charge in [0.25, 0.3) is 5.69 Å². The number of imidazole rings is 2. The van der Waals surface area contributed by atoms with Crippen LogP contribution in [0.3, 0.4) is 0 Å². The zero-order valence-electron chi connectivity index (χ0n) is 76.1. The zero-order valence-corrected chi connectivity index (χ0v) is 77.7. The second-order valence-corrected chi connectivity index (χ2v) is 34.3. The molecule has 14 aromatic rings. The van der Waals surface area contributed by atoms with E-state index in [1.807, 2.05) is 122 Å². The number of nitrogen functional groups attached to an aromatic ring is 3. The predicted octanol–water partition coefficient (Wildman–Crippen LogP) is 14.2. The monoisotopic (exact) mass is 1870 g/mol. The summed E-state index contributed by atoms with van der Waals surface area (Å²) < 4.78 is 16.5. The molecule has 29 nitrogen and oxygen atoms in total. The van der Waals surface area contributed by atoms with Crippen LogP contribution in [0, 0.1) is 16.2 Å². The number of H-pyrrole nitrogens is 4. The summed E-state index contributed by atoms with van der Waals surface area (Å²) >= 11 is 0. The number of nitrogens with one attached hydrogen (secondary N) is 7. The fourth-order valence-electron chi connectivity index (χ4n) is 17.1. The van der Waals surface area contributed by atoms with Gasteiger partial charge in [0.2, 0.25) is 28.0 Å². The Morgan fingerprint density at radius 3 is 1.76 bits per heavy atom. The van der Waals surface area contributed by atoms with E-state index in [-0.39, 0.29) is 59.3 Å². The second-order valence-electron chi connectivity index (χ2n) is 34.3. The van der Waals surface area contributed by atoms with Gasteiger partial charge < -0.3 is 108 Å². The van der Waals surface area contributed by atoms with E-state index in [0.29, 0.717) is 50.2 Å². The van der Waals surface area contributed by atoms with Crippen LogP contribution in [-0.4, -0.2) is 187 Å². The average Bonchev–Trinajstić information content (AvgIpc) is 1.73. The van der Waals surface area contributed by atoms with Gasteiger partial charge in [-0.2, -0.15) is 4.98 Å². The Balaban J connectivity index is 0.000000125. The zero-order chi connectivity index (χ0) is 94.1. The number of carboxylic acid groups (broad SMARTS) is 1. The van der Waals surface area contributed by atoms with Gasteiger partial charge in [0.15, 0.2) is 0 Å². The van der Waals surface area contributed by atoms with Gasteiger partial charge in [-0.05, 0) is 199 Å². The lowest BCUT2D eigenvalue weighted by Crippen LogP contribution is -3.00. The number of esters is 1. The fraction of sp³-hybridized carbons (Fsp3) is 0.160. The molecule has 0 amide bonds. The van der Waals surface area contributed by atoms with E-state index in [0.717, 1.165) is 189 Å². The van der Waals surface area contributed by atoms with Crippen LogP contribution in [0.15, 0.2) is 278 Å². The standard InChI is InChI=1S/C29H31N5.C25H24N6O.C21H16N2O3.C16H15N5.C15H12N2O5.2ClH/c1-32(2)24-7-4-20(5-8-24)28-18-22-16-21(6-10-26(22)30-28)29-19-23-17-25(9-11-27(23)31-29)34-14-12-33(3)13-15-34;1-30-10-12-31(13-11-30)18-5-9-21-23(15-18)29-25(27-21)17-4-8-20-22(14-17)28-24(26-20)16-2-6-19(32)7-3-16;1-25-21(24)15-5-3-2-4-14(15)20-16-8-6-12(22)10-18(16)26-19-11-13(23)7-9-17(19)20;17-15(18)10-3-1-9(2-4-10)13-7-11-5-6-12(16(19)20)8-14(11)21-13;1-17(2)7-3-4-9-11(5-7)22-14-12(16-9)8(15(20)21)6-10(18)13(14)19;;/h4-11,16-17H,12-15,18-19H2,1-3H3;2-9,14-15,32H,10-13H2,1H3,(H,26,28)(H,27,29);2-11,22H,23H2,1H3;1-8,21H,(H3,17,18)(H3,19,20);3-6,19H,1-2H3,(H,20,21);2*1H. The second kappa shape index (κ2) is 39.8. The SMILES string of the molecule is CN(C)c1ccc2[nH+]c3c(C(=O)O)cc(=O)c(O)c-3oc2c1.CN1CCN(c2ccc3c(c2)CC(c2ccc4c(c2)CC(c2ccc(N(C)C)cc2)=N4)=N3)CC1.CN1CCN(c2ccc3nc(-c4ccc5nc(-c6ccc(O)cc6)[nH]c5c4)[nH]c3c2)CC1.COC(=O)c1ccccc1-c1c2ccc(=N)cc-2oc2cc(N)ccc12.Cl.N=C(N)c1ccc(-c2cc3ccc(C(=N)N)cc3[nH]2)cc1.[Cl-]. The minimum Gasteiger partial charge on any atom is -1.00 e. The number of phenolic OH excluding ortho intramolecular Hbond substituents is 2. The van der Waals surface area contributed by atoms with Gasteiger partial charge in [-0.15, -0.1) is 12.4 Å². The van der Waals surface area contributed by atoms with E-state index in [4.69, 9.17) is 62.0 Å². The normalized spacial score (nSPS) is 13.3. The Hall–Kier alpha value is -16.5. The van der Waals surface area contributed by atoms with Crippen molar-refractivity contribution in [3.63, 3.8) is 0 Å². The summed E-state index contributed by atoms with van der Waals surface area (Å²) in [7, 11) is 13.6. The van der Waals surface area contributed by atoms with Crippen LogP contribution in [0.25, 0.3) is 123 Å². The molecular formula is C106H100Cl2N20O9. The Morgan fingerprint density at radius 1 is 0.526 bits per heavy atom. The van der Waals surface area contributed by atoms with Crippen LogP contribution >= 0.6 is 12.4 Å². The van der Waals surface area contributed by atoms with Gasteiger partial charge in [-0.25, -0.2) is 19.6 Å². The summed E-state index contributed by atoms with van der Waals surface area (Å²) in [6.07, 6.45) is 1.77. The van der Waals surface area contributed by atoms with Crippen LogP contribution < -0.4 is 65.0 Å². The number of hydrogen-bond acceptors (Lipinski definition) is 22.